The number of anilines is 1. The van der Waals surface area contributed by atoms with Gasteiger partial charge >= 0.3 is 5.97 Å². The fraction of sp³-hybridized carbons (Fsp3) is 0.0625. The maximum atomic E-state index is 11.7. The molecule has 0 spiro atoms. The van der Waals surface area contributed by atoms with Gasteiger partial charge in [-0.25, -0.2) is 4.79 Å². The second-order valence-corrected chi connectivity index (χ2v) is 6.13. The van der Waals surface area contributed by atoms with E-state index in [1.807, 2.05) is 6.07 Å². The van der Waals surface area contributed by atoms with Crippen LogP contribution in [0.4, 0.5) is 5.00 Å². The average Bonchev–Trinajstić information content (AvgIpc) is 2.99. The molecule has 0 radical (unpaired) electrons. The predicted octanol–water partition coefficient (Wildman–Crippen LogP) is 4.12. The molecule has 1 aromatic heterocycles. The summed E-state index contributed by atoms with van der Waals surface area (Å²) in [7, 11) is 0. The van der Waals surface area contributed by atoms with Crippen LogP contribution in [-0.4, -0.2) is 18.5 Å². The third kappa shape index (κ3) is 4.83. The topological polar surface area (TPSA) is 79.2 Å². The van der Waals surface area contributed by atoms with Crippen LogP contribution in [0.15, 0.2) is 35.7 Å². The monoisotopic (exact) mass is 380 g/mol. The third-order valence-electron chi connectivity index (χ3n) is 2.77. The first-order valence-electron chi connectivity index (χ1n) is 6.57. The van der Waals surface area contributed by atoms with Crippen LogP contribution < -0.4 is 5.32 Å². The van der Waals surface area contributed by atoms with Crippen LogP contribution in [-0.2, 0) is 14.3 Å². The first kappa shape index (κ1) is 18.0. The highest BCUT2D eigenvalue weighted by Gasteiger charge is 2.10. The van der Waals surface area contributed by atoms with Gasteiger partial charge in [-0.2, -0.15) is 5.26 Å². The Bertz CT molecular complexity index is 820. The molecule has 0 fully saturated rings. The summed E-state index contributed by atoms with van der Waals surface area (Å²) in [5.74, 6) is -1.25. The molecule has 0 aliphatic carbocycles. The Morgan fingerprint density at radius 1 is 1.29 bits per heavy atom. The van der Waals surface area contributed by atoms with Crippen LogP contribution in [0.5, 0.6) is 0 Å². The molecule has 122 valence electrons. The molecule has 0 unspecified atom stereocenters. The van der Waals surface area contributed by atoms with E-state index >= 15 is 0 Å². The number of hydrogen-bond donors (Lipinski definition) is 1. The Hall–Kier alpha value is -2.33. The number of nitriles is 1. The van der Waals surface area contributed by atoms with E-state index < -0.39 is 18.5 Å². The lowest BCUT2D eigenvalue weighted by atomic mass is 10.2. The van der Waals surface area contributed by atoms with Crippen molar-refractivity contribution < 1.29 is 14.3 Å². The Morgan fingerprint density at radius 3 is 2.67 bits per heavy atom. The number of ether oxygens (including phenoxy) is 1. The van der Waals surface area contributed by atoms with Crippen molar-refractivity contribution in [3.63, 3.8) is 0 Å². The number of amides is 1. The number of nitrogens with one attached hydrogen (secondary N) is 1. The zero-order valence-corrected chi connectivity index (χ0v) is 14.4. The number of halogens is 2. The van der Waals surface area contributed by atoms with E-state index in [4.69, 9.17) is 33.2 Å². The molecule has 0 saturated carbocycles. The molecular formula is C16H10Cl2N2O3S. The summed E-state index contributed by atoms with van der Waals surface area (Å²) < 4.78 is 4.83. The number of carbonyl (C=O) groups is 2. The van der Waals surface area contributed by atoms with Crippen LogP contribution in [0, 0.1) is 11.3 Å². The summed E-state index contributed by atoms with van der Waals surface area (Å²) in [6, 6.07) is 8.49. The quantitative estimate of drug-likeness (QED) is 0.624. The van der Waals surface area contributed by atoms with Crippen molar-refractivity contribution in [2.45, 2.75) is 0 Å². The van der Waals surface area contributed by atoms with Gasteiger partial charge in [0.2, 0.25) is 0 Å². The summed E-state index contributed by atoms with van der Waals surface area (Å²) >= 11 is 13.2. The number of nitrogens with zero attached hydrogens (tertiary/aromatic N) is 1. The van der Waals surface area contributed by atoms with Crippen LogP contribution in [0.2, 0.25) is 10.0 Å². The zero-order chi connectivity index (χ0) is 17.5. The molecule has 2 rings (SSSR count). The van der Waals surface area contributed by atoms with Crippen molar-refractivity contribution in [2.24, 2.45) is 0 Å². The number of esters is 1. The second-order valence-electron chi connectivity index (χ2n) is 4.40. The maximum Gasteiger partial charge on any atom is 0.331 e. The van der Waals surface area contributed by atoms with Crippen LogP contribution in [0.1, 0.15) is 11.1 Å². The summed E-state index contributed by atoms with van der Waals surface area (Å²) in [5, 5.41) is 14.2. The largest absolute Gasteiger partial charge is 0.452 e. The van der Waals surface area contributed by atoms with Gasteiger partial charge < -0.3 is 10.1 Å². The molecule has 0 atom stereocenters. The molecule has 2 aromatic rings. The number of carbonyl (C=O) groups excluding carboxylic acids is 2. The third-order valence-corrected chi connectivity index (χ3v) is 4.26. The van der Waals surface area contributed by atoms with Gasteiger partial charge in [0.1, 0.15) is 11.1 Å². The van der Waals surface area contributed by atoms with E-state index in [-0.39, 0.29) is 0 Å². The van der Waals surface area contributed by atoms with E-state index in [2.05, 4.69) is 5.32 Å². The van der Waals surface area contributed by atoms with E-state index in [9.17, 15) is 9.59 Å². The molecular weight excluding hydrogens is 371 g/mol. The molecule has 0 aliphatic heterocycles. The molecule has 24 heavy (non-hydrogen) atoms. The molecule has 1 N–H and O–H groups in total. The van der Waals surface area contributed by atoms with Gasteiger partial charge in [-0.3, -0.25) is 4.79 Å². The molecule has 8 heteroatoms. The Labute approximate surface area is 152 Å². The first-order chi connectivity index (χ1) is 11.5. The Morgan fingerprint density at radius 2 is 2.00 bits per heavy atom. The molecule has 5 nitrogen and oxygen atoms in total. The predicted molar refractivity (Wildman–Crippen MR) is 94.1 cm³/mol. The van der Waals surface area contributed by atoms with Crippen molar-refractivity contribution in [2.75, 3.05) is 11.9 Å². The molecule has 0 bridgehead atoms. The van der Waals surface area contributed by atoms with Gasteiger partial charge in [0.05, 0.1) is 5.56 Å². The van der Waals surface area contributed by atoms with Crippen molar-refractivity contribution in [3.8, 4) is 6.07 Å². The lowest BCUT2D eigenvalue weighted by Crippen LogP contribution is -2.20. The van der Waals surface area contributed by atoms with Gasteiger partial charge in [0.15, 0.2) is 6.61 Å². The van der Waals surface area contributed by atoms with Crippen molar-refractivity contribution in [1.82, 2.24) is 0 Å². The highest BCUT2D eigenvalue weighted by molar-refractivity contribution is 7.14. The number of rotatable bonds is 5. The van der Waals surface area contributed by atoms with E-state index in [1.165, 1.54) is 17.4 Å². The molecule has 1 aromatic carbocycles. The summed E-state index contributed by atoms with van der Waals surface area (Å²) in [6.07, 6.45) is 2.55. The normalized spacial score (nSPS) is 10.4. The van der Waals surface area contributed by atoms with Crippen molar-refractivity contribution in [3.05, 3.63) is 56.9 Å². The van der Waals surface area contributed by atoms with Gasteiger partial charge in [0.25, 0.3) is 5.91 Å². The van der Waals surface area contributed by atoms with Crippen LogP contribution in [0.25, 0.3) is 6.08 Å². The Kier molecular flexibility index (Phi) is 6.38. The summed E-state index contributed by atoms with van der Waals surface area (Å²) in [5.41, 5.74) is 0.840. The summed E-state index contributed by atoms with van der Waals surface area (Å²) in [6.45, 7) is -0.470. The lowest BCUT2D eigenvalue weighted by molar-refractivity contribution is -0.142. The zero-order valence-electron chi connectivity index (χ0n) is 12.1. The van der Waals surface area contributed by atoms with E-state index in [0.29, 0.717) is 26.2 Å². The van der Waals surface area contributed by atoms with Gasteiger partial charge in [0, 0.05) is 21.7 Å². The minimum atomic E-state index is -0.715. The van der Waals surface area contributed by atoms with Crippen LogP contribution >= 0.6 is 34.5 Å². The number of hydrogen-bond acceptors (Lipinski definition) is 5. The SMILES string of the molecule is N#Cc1ccsc1NC(=O)COC(=O)/C=C/c1c(Cl)cccc1Cl. The van der Waals surface area contributed by atoms with E-state index in [1.54, 1.807) is 29.6 Å². The van der Waals surface area contributed by atoms with Crippen molar-refractivity contribution >= 4 is 57.5 Å². The van der Waals surface area contributed by atoms with Gasteiger partial charge in [-0.05, 0) is 29.7 Å². The molecule has 1 amide bonds. The molecule has 1 heterocycles. The fourth-order valence-corrected chi connectivity index (χ4v) is 2.94. The second kappa shape index (κ2) is 8.50. The minimum absolute atomic E-state index is 0.355. The first-order valence-corrected chi connectivity index (χ1v) is 8.21. The number of thiophene rings is 1. The molecule has 0 saturated heterocycles. The van der Waals surface area contributed by atoms with Crippen molar-refractivity contribution in [1.29, 1.82) is 5.26 Å². The maximum absolute atomic E-state index is 11.7. The molecule has 0 aliphatic rings. The van der Waals surface area contributed by atoms with E-state index in [0.717, 1.165) is 6.08 Å². The minimum Gasteiger partial charge on any atom is -0.452 e. The van der Waals surface area contributed by atoms with Crippen LogP contribution in [0.3, 0.4) is 0 Å². The standard InChI is InChI=1S/C16H10Cl2N2O3S/c17-12-2-1-3-13(18)11(12)4-5-15(22)23-9-14(21)20-16-10(8-19)6-7-24-16/h1-7H,9H2,(H,20,21)/b5-4+. The Balaban J connectivity index is 1.88. The fourth-order valence-electron chi connectivity index (χ4n) is 1.66. The highest BCUT2D eigenvalue weighted by atomic mass is 35.5. The summed E-state index contributed by atoms with van der Waals surface area (Å²) in [4.78, 5) is 23.4. The van der Waals surface area contributed by atoms with Gasteiger partial charge in [-0.1, -0.05) is 29.3 Å². The lowest BCUT2D eigenvalue weighted by Gasteiger charge is -2.04. The highest BCUT2D eigenvalue weighted by Crippen LogP contribution is 2.25. The number of benzene rings is 1. The van der Waals surface area contributed by atoms with Gasteiger partial charge in [-0.15, -0.1) is 11.3 Å². The average molecular weight is 381 g/mol. The smallest absolute Gasteiger partial charge is 0.331 e.